The number of aliphatic hydroxyl groups is 2. The molecule has 34 heavy (non-hydrogen) atoms. The number of ketones is 2. The third-order valence-corrected chi connectivity index (χ3v) is 10.7. The van der Waals surface area contributed by atoms with E-state index in [2.05, 4.69) is 0 Å². The minimum absolute atomic E-state index is 0.0228. The highest BCUT2D eigenvalue weighted by molar-refractivity contribution is 6.01. The number of ether oxygens (including phenoxy) is 2. The van der Waals surface area contributed by atoms with E-state index in [0.29, 0.717) is 19.3 Å². The number of carbonyl (C=O) groups is 2. The van der Waals surface area contributed by atoms with Crippen molar-refractivity contribution in [2.75, 3.05) is 6.61 Å². The van der Waals surface area contributed by atoms with E-state index in [1.165, 1.54) is 6.08 Å². The molecule has 0 amide bonds. The summed E-state index contributed by atoms with van der Waals surface area (Å²) in [5.41, 5.74) is -5.58. The normalized spacial score (nSPS) is 53.0. The van der Waals surface area contributed by atoms with Gasteiger partial charge in [-0.25, -0.2) is 4.39 Å². The lowest BCUT2D eigenvalue weighted by Gasteiger charge is -2.69. The second-order valence-electron chi connectivity index (χ2n) is 12.5. The predicted molar refractivity (Wildman–Crippen MR) is 120 cm³/mol. The van der Waals surface area contributed by atoms with E-state index >= 15 is 4.39 Å². The van der Waals surface area contributed by atoms with Gasteiger partial charge >= 0.3 is 0 Å². The van der Waals surface area contributed by atoms with Crippen molar-refractivity contribution in [1.29, 1.82) is 0 Å². The molecule has 6 rings (SSSR count). The maximum Gasteiger partial charge on any atom is 0.193 e. The van der Waals surface area contributed by atoms with Crippen LogP contribution < -0.4 is 0 Å². The average molecular weight is 475 g/mol. The van der Waals surface area contributed by atoms with Crippen LogP contribution in [0.2, 0.25) is 0 Å². The predicted octanol–water partition coefficient (Wildman–Crippen LogP) is 3.20. The number of rotatable bonds is 3. The second-order valence-corrected chi connectivity index (χ2v) is 12.5. The molecule has 5 aliphatic carbocycles. The molecule has 0 spiro atoms. The van der Waals surface area contributed by atoms with Gasteiger partial charge in [0, 0.05) is 16.2 Å². The standard InChI is InChI=1S/C27H35FO6/c1-22(2)33-21-12-18-24(4,26(21,34-22)20(32)14-29)13-19(31)27(28)23(3)9-8-17(30)11-16(23)7-10-25(18,27)15-5-6-15/h8-9,11,15,18-19,21,29,31H,5-7,10,12-14H2,1-4H3/t18-,19+,21-,23+,24+,25-,26-,27+/m1/s1. The van der Waals surface area contributed by atoms with E-state index < -0.39 is 57.9 Å². The lowest BCUT2D eigenvalue weighted by molar-refractivity contribution is -0.283. The van der Waals surface area contributed by atoms with Gasteiger partial charge in [-0.3, -0.25) is 9.59 Å². The molecule has 1 heterocycles. The van der Waals surface area contributed by atoms with Crippen molar-refractivity contribution in [3.8, 4) is 0 Å². The van der Waals surface area contributed by atoms with Crippen LogP contribution in [0.4, 0.5) is 4.39 Å². The molecule has 6 nitrogen and oxygen atoms in total. The number of carbonyl (C=O) groups excluding carboxylic acids is 2. The molecule has 186 valence electrons. The molecule has 1 saturated heterocycles. The van der Waals surface area contributed by atoms with Gasteiger partial charge in [-0.15, -0.1) is 0 Å². The summed E-state index contributed by atoms with van der Waals surface area (Å²) < 4.78 is 30.7. The van der Waals surface area contributed by atoms with Crippen LogP contribution >= 0.6 is 0 Å². The summed E-state index contributed by atoms with van der Waals surface area (Å²) in [5.74, 6) is -1.82. The first-order chi connectivity index (χ1) is 15.8. The number of hydrogen-bond acceptors (Lipinski definition) is 6. The first kappa shape index (κ1) is 23.0. The molecule has 0 bridgehead atoms. The molecule has 1 aliphatic heterocycles. The Morgan fingerprint density at radius 2 is 1.94 bits per heavy atom. The Balaban J connectivity index is 1.57. The zero-order valence-corrected chi connectivity index (χ0v) is 20.4. The first-order valence-electron chi connectivity index (χ1n) is 12.7. The Labute approximate surface area is 199 Å². The quantitative estimate of drug-likeness (QED) is 0.653. The number of aliphatic hydroxyl groups excluding tert-OH is 2. The maximum atomic E-state index is 18.1. The van der Waals surface area contributed by atoms with Crippen molar-refractivity contribution in [3.63, 3.8) is 0 Å². The van der Waals surface area contributed by atoms with E-state index in [-0.39, 0.29) is 24.0 Å². The van der Waals surface area contributed by atoms with Crippen molar-refractivity contribution < 1.29 is 33.7 Å². The fourth-order valence-electron chi connectivity index (χ4n) is 9.51. The van der Waals surface area contributed by atoms with Gasteiger partial charge in [-0.1, -0.05) is 18.6 Å². The molecule has 0 radical (unpaired) electrons. The second kappa shape index (κ2) is 6.47. The van der Waals surface area contributed by atoms with E-state index in [1.54, 1.807) is 26.0 Å². The van der Waals surface area contributed by atoms with E-state index in [1.807, 2.05) is 13.8 Å². The smallest absolute Gasteiger partial charge is 0.193 e. The summed E-state index contributed by atoms with van der Waals surface area (Å²) in [4.78, 5) is 25.6. The number of hydrogen-bond donors (Lipinski definition) is 2. The minimum atomic E-state index is -2.00. The van der Waals surface area contributed by atoms with Gasteiger partial charge in [0.05, 0.1) is 12.2 Å². The molecule has 4 saturated carbocycles. The fourth-order valence-corrected chi connectivity index (χ4v) is 9.51. The summed E-state index contributed by atoms with van der Waals surface area (Å²) >= 11 is 0. The maximum absolute atomic E-state index is 18.1. The molecule has 5 fully saturated rings. The molecule has 0 unspecified atom stereocenters. The summed E-state index contributed by atoms with van der Waals surface area (Å²) in [6, 6.07) is 0. The van der Waals surface area contributed by atoms with E-state index in [4.69, 9.17) is 9.47 Å². The highest BCUT2D eigenvalue weighted by Crippen LogP contribution is 2.80. The molecular weight excluding hydrogens is 439 g/mol. The van der Waals surface area contributed by atoms with Crippen LogP contribution in [0, 0.1) is 28.1 Å². The van der Waals surface area contributed by atoms with Gasteiger partial charge in [0.15, 0.2) is 28.6 Å². The topological polar surface area (TPSA) is 93.1 Å². The molecule has 8 atom stereocenters. The average Bonchev–Trinajstić information content (AvgIpc) is 3.53. The van der Waals surface area contributed by atoms with Crippen molar-refractivity contribution in [2.45, 2.75) is 95.5 Å². The summed E-state index contributed by atoms with van der Waals surface area (Å²) in [6.07, 6.45) is 5.98. The number of allylic oxidation sites excluding steroid dienone is 4. The van der Waals surface area contributed by atoms with Gasteiger partial charge in [-0.2, -0.15) is 0 Å². The monoisotopic (exact) mass is 474 g/mol. The van der Waals surface area contributed by atoms with Crippen LogP contribution in [0.5, 0.6) is 0 Å². The Hall–Kier alpha value is -1.41. The zero-order chi connectivity index (χ0) is 24.5. The summed E-state index contributed by atoms with van der Waals surface area (Å²) in [6.45, 7) is 6.59. The lowest BCUT2D eigenvalue weighted by atomic mass is 9.37. The van der Waals surface area contributed by atoms with E-state index in [0.717, 1.165) is 18.4 Å². The summed E-state index contributed by atoms with van der Waals surface area (Å²) in [7, 11) is 0. The van der Waals surface area contributed by atoms with Gasteiger partial charge in [0.1, 0.15) is 6.61 Å². The molecule has 6 aliphatic rings. The van der Waals surface area contributed by atoms with Gasteiger partial charge in [0.2, 0.25) is 0 Å². The molecular formula is C27H35FO6. The number of Topliss-reactive ketones (excluding diaryl/α,β-unsaturated/α-hetero) is 1. The van der Waals surface area contributed by atoms with Crippen molar-refractivity contribution in [1.82, 2.24) is 0 Å². The first-order valence-corrected chi connectivity index (χ1v) is 12.7. The van der Waals surface area contributed by atoms with E-state index in [9.17, 15) is 19.8 Å². The van der Waals surface area contributed by atoms with Gasteiger partial charge < -0.3 is 19.7 Å². The highest BCUT2D eigenvalue weighted by atomic mass is 19.1. The van der Waals surface area contributed by atoms with Gasteiger partial charge in [0.25, 0.3) is 0 Å². The SMILES string of the molecule is CC1(C)O[C@@H]2C[C@@H]3[C@](C)(C[C@H](O)[C@]4(F)[C@@]5(C)C=CC(=O)C=C5CC[C@@]34C3CC3)[C@]2(C(=O)CO)O1. The number of alkyl halides is 1. The van der Waals surface area contributed by atoms with Crippen molar-refractivity contribution >= 4 is 11.6 Å². The number of halogens is 1. The molecule has 0 aromatic carbocycles. The third kappa shape index (κ3) is 2.27. The minimum Gasteiger partial charge on any atom is -0.390 e. The van der Waals surface area contributed by atoms with Crippen LogP contribution in [0.25, 0.3) is 0 Å². The molecule has 2 N–H and O–H groups in total. The molecule has 0 aromatic rings. The van der Waals surface area contributed by atoms with Crippen LogP contribution in [-0.2, 0) is 19.1 Å². The molecule has 0 aromatic heterocycles. The van der Waals surface area contributed by atoms with Crippen LogP contribution in [0.15, 0.2) is 23.8 Å². The highest BCUT2D eigenvalue weighted by Gasteiger charge is 2.85. The largest absolute Gasteiger partial charge is 0.390 e. The fraction of sp³-hybridized carbons (Fsp3) is 0.778. The Bertz CT molecular complexity index is 1050. The Morgan fingerprint density at radius 3 is 2.59 bits per heavy atom. The summed E-state index contributed by atoms with van der Waals surface area (Å²) in [5, 5.41) is 21.8. The number of fused-ring (bicyclic) bond motifs is 7. The zero-order valence-electron chi connectivity index (χ0n) is 20.4. The Morgan fingerprint density at radius 1 is 1.24 bits per heavy atom. The third-order valence-electron chi connectivity index (χ3n) is 10.7. The Kier molecular flexibility index (Phi) is 4.38. The van der Waals surface area contributed by atoms with Crippen LogP contribution in [0.1, 0.15) is 66.2 Å². The molecule has 7 heteroatoms. The van der Waals surface area contributed by atoms with Crippen molar-refractivity contribution in [2.24, 2.45) is 28.1 Å². The van der Waals surface area contributed by atoms with Crippen molar-refractivity contribution in [3.05, 3.63) is 23.8 Å². The van der Waals surface area contributed by atoms with Crippen LogP contribution in [-0.4, -0.2) is 57.7 Å². The lowest BCUT2D eigenvalue weighted by Crippen LogP contribution is -2.75. The van der Waals surface area contributed by atoms with Crippen LogP contribution in [0.3, 0.4) is 0 Å². The van der Waals surface area contributed by atoms with Gasteiger partial charge in [-0.05, 0) is 83.3 Å².